The fourth-order valence-electron chi connectivity index (χ4n) is 3.98. The third kappa shape index (κ3) is 2.82. The molecule has 2 aromatic carbocycles. The van der Waals surface area contributed by atoms with Crippen LogP contribution in [0.2, 0.25) is 0 Å². The summed E-state index contributed by atoms with van der Waals surface area (Å²) in [7, 11) is 1.67. The Hall–Kier alpha value is -3.27. The molecular formula is C24H24N2O2. The third-order valence-electron chi connectivity index (χ3n) is 5.38. The first kappa shape index (κ1) is 18.1. The van der Waals surface area contributed by atoms with Crippen LogP contribution >= 0.6 is 0 Å². The van der Waals surface area contributed by atoms with Gasteiger partial charge in [-0.3, -0.25) is 4.79 Å². The third-order valence-corrected chi connectivity index (χ3v) is 5.38. The van der Waals surface area contributed by atoms with Crippen molar-refractivity contribution < 1.29 is 9.53 Å². The molecule has 0 saturated heterocycles. The number of aryl methyl sites for hydroxylation is 1. The minimum atomic E-state index is 0.0675. The summed E-state index contributed by atoms with van der Waals surface area (Å²) in [6.07, 6.45) is 2.03. The first-order valence-electron chi connectivity index (χ1n) is 9.51. The maximum atomic E-state index is 13.0. The zero-order valence-electron chi connectivity index (χ0n) is 16.7. The van der Waals surface area contributed by atoms with E-state index in [4.69, 9.17) is 4.74 Å². The van der Waals surface area contributed by atoms with E-state index in [1.807, 2.05) is 66.4 Å². The Labute approximate surface area is 165 Å². The molecule has 1 amide bonds. The van der Waals surface area contributed by atoms with Crippen LogP contribution in [0.1, 0.15) is 29.4 Å². The van der Waals surface area contributed by atoms with Crippen LogP contribution in [0.15, 0.2) is 54.6 Å². The first-order chi connectivity index (χ1) is 13.5. The predicted molar refractivity (Wildman–Crippen MR) is 114 cm³/mol. The maximum Gasteiger partial charge on any atom is 0.258 e. The Kier molecular flexibility index (Phi) is 4.55. The lowest BCUT2D eigenvalue weighted by atomic mass is 10.0. The molecule has 142 valence electrons. The van der Waals surface area contributed by atoms with E-state index in [0.717, 1.165) is 45.2 Å². The monoisotopic (exact) mass is 372 g/mol. The van der Waals surface area contributed by atoms with Gasteiger partial charge in [0.25, 0.3) is 5.91 Å². The molecule has 0 N–H and O–H groups in total. The van der Waals surface area contributed by atoms with E-state index in [1.165, 1.54) is 0 Å². The minimum absolute atomic E-state index is 0.0675. The van der Waals surface area contributed by atoms with Crippen LogP contribution in [-0.2, 0) is 4.79 Å². The highest BCUT2D eigenvalue weighted by Crippen LogP contribution is 2.38. The lowest BCUT2D eigenvalue weighted by Gasteiger charge is -2.13. The number of carbonyl (C=O) groups is 1. The van der Waals surface area contributed by atoms with Crippen molar-refractivity contribution in [3.63, 3.8) is 0 Å². The molecule has 4 heteroatoms. The molecule has 1 aliphatic rings. The van der Waals surface area contributed by atoms with Gasteiger partial charge in [-0.25, -0.2) is 0 Å². The summed E-state index contributed by atoms with van der Waals surface area (Å²) in [4.78, 5) is 14.8. The summed E-state index contributed by atoms with van der Waals surface area (Å²) in [6.45, 7) is 6.85. The van der Waals surface area contributed by atoms with Crippen molar-refractivity contribution in [2.75, 3.05) is 18.6 Å². The first-order valence-corrected chi connectivity index (χ1v) is 9.51. The second-order valence-corrected chi connectivity index (χ2v) is 6.98. The highest BCUT2D eigenvalue weighted by atomic mass is 16.5. The number of anilines is 1. The molecule has 4 nitrogen and oxygen atoms in total. The number of hydrogen-bond donors (Lipinski definition) is 0. The fraction of sp³-hybridized carbons (Fsp3) is 0.208. The Morgan fingerprint density at radius 2 is 1.75 bits per heavy atom. The summed E-state index contributed by atoms with van der Waals surface area (Å²) >= 11 is 0. The number of aromatic nitrogens is 1. The molecule has 1 aliphatic heterocycles. The van der Waals surface area contributed by atoms with Gasteiger partial charge in [-0.1, -0.05) is 18.2 Å². The summed E-state index contributed by atoms with van der Waals surface area (Å²) in [5.74, 6) is 0.902. The van der Waals surface area contributed by atoms with E-state index in [-0.39, 0.29) is 5.91 Å². The number of para-hydroxylation sites is 1. The van der Waals surface area contributed by atoms with Gasteiger partial charge in [-0.05, 0) is 68.8 Å². The van der Waals surface area contributed by atoms with Crippen LogP contribution in [0.4, 0.5) is 5.69 Å². The molecule has 0 unspecified atom stereocenters. The lowest BCUT2D eigenvalue weighted by molar-refractivity contribution is -0.112. The van der Waals surface area contributed by atoms with Crippen molar-refractivity contribution >= 4 is 23.2 Å². The normalized spacial score (nSPS) is 14.6. The van der Waals surface area contributed by atoms with Crippen LogP contribution in [-0.4, -0.2) is 24.1 Å². The number of hydrogen-bond acceptors (Lipinski definition) is 2. The molecule has 4 rings (SSSR count). The Morgan fingerprint density at radius 1 is 1.04 bits per heavy atom. The van der Waals surface area contributed by atoms with Gasteiger partial charge in [0.2, 0.25) is 0 Å². The van der Waals surface area contributed by atoms with Crippen molar-refractivity contribution in [2.45, 2.75) is 20.8 Å². The zero-order chi connectivity index (χ0) is 19.8. The van der Waals surface area contributed by atoms with Crippen molar-refractivity contribution in [2.24, 2.45) is 0 Å². The molecule has 0 atom stereocenters. The van der Waals surface area contributed by atoms with Crippen molar-refractivity contribution in [1.29, 1.82) is 0 Å². The summed E-state index contributed by atoms with van der Waals surface area (Å²) in [5.41, 5.74) is 7.12. The largest absolute Gasteiger partial charge is 0.497 e. The average molecular weight is 372 g/mol. The Morgan fingerprint density at radius 3 is 2.43 bits per heavy atom. The van der Waals surface area contributed by atoms with E-state index in [1.54, 1.807) is 7.11 Å². The number of rotatable bonds is 4. The van der Waals surface area contributed by atoms with Gasteiger partial charge in [0.1, 0.15) is 5.75 Å². The zero-order valence-corrected chi connectivity index (χ0v) is 16.7. The fourth-order valence-corrected chi connectivity index (χ4v) is 3.98. The molecule has 0 bridgehead atoms. The number of fused-ring (bicyclic) bond motifs is 1. The van der Waals surface area contributed by atoms with Crippen molar-refractivity contribution in [3.05, 3.63) is 77.1 Å². The summed E-state index contributed by atoms with van der Waals surface area (Å²) < 4.78 is 7.47. The summed E-state index contributed by atoms with van der Waals surface area (Å²) in [5, 5.41) is 0. The SMILES string of the molecule is CCN1C(=O)/C(=C\c2cc(C)n(-c3ccc(OC)cc3)c2C)c2ccccc21. The number of ether oxygens (including phenoxy) is 1. The Bertz CT molecular complexity index is 1070. The second-order valence-electron chi connectivity index (χ2n) is 6.98. The molecule has 1 aromatic heterocycles. The van der Waals surface area contributed by atoms with Crippen molar-refractivity contribution in [3.8, 4) is 11.4 Å². The van der Waals surface area contributed by atoms with E-state index in [0.29, 0.717) is 6.54 Å². The smallest absolute Gasteiger partial charge is 0.258 e. The summed E-state index contributed by atoms with van der Waals surface area (Å²) in [6, 6.07) is 18.2. The standard InChI is InChI=1S/C24H24N2O2/c1-5-25-23-9-7-6-8-21(23)22(24(25)27)15-18-14-16(2)26(17(18)3)19-10-12-20(28-4)13-11-19/h6-15H,5H2,1-4H3/b22-15-. The molecule has 2 heterocycles. The molecule has 28 heavy (non-hydrogen) atoms. The van der Waals surface area contributed by atoms with E-state index in [2.05, 4.69) is 24.5 Å². The molecule has 0 radical (unpaired) electrons. The number of methoxy groups -OCH3 is 1. The van der Waals surface area contributed by atoms with E-state index >= 15 is 0 Å². The number of amides is 1. The van der Waals surface area contributed by atoms with Gasteiger partial charge < -0.3 is 14.2 Å². The maximum absolute atomic E-state index is 13.0. The van der Waals surface area contributed by atoms with Crippen LogP contribution in [0.25, 0.3) is 17.3 Å². The van der Waals surface area contributed by atoms with Gasteiger partial charge in [0.05, 0.1) is 12.8 Å². The minimum Gasteiger partial charge on any atom is -0.497 e. The molecule has 0 saturated carbocycles. The molecule has 0 spiro atoms. The quantitative estimate of drug-likeness (QED) is 0.603. The molecule has 0 fully saturated rings. The lowest BCUT2D eigenvalue weighted by Crippen LogP contribution is -2.25. The number of benzene rings is 2. The second kappa shape index (κ2) is 7.04. The molecule has 3 aromatic rings. The number of nitrogens with zero attached hydrogens (tertiary/aromatic N) is 2. The van der Waals surface area contributed by atoms with Crippen LogP contribution < -0.4 is 9.64 Å². The van der Waals surface area contributed by atoms with Gasteiger partial charge in [-0.2, -0.15) is 0 Å². The van der Waals surface area contributed by atoms with Crippen LogP contribution in [0.5, 0.6) is 5.75 Å². The van der Waals surface area contributed by atoms with Gasteiger partial charge in [-0.15, -0.1) is 0 Å². The topological polar surface area (TPSA) is 34.5 Å². The van der Waals surface area contributed by atoms with E-state index < -0.39 is 0 Å². The van der Waals surface area contributed by atoms with E-state index in [9.17, 15) is 4.79 Å². The number of likely N-dealkylation sites (N-methyl/N-ethyl adjacent to an activating group) is 1. The van der Waals surface area contributed by atoms with Gasteiger partial charge >= 0.3 is 0 Å². The van der Waals surface area contributed by atoms with Crippen LogP contribution in [0, 0.1) is 13.8 Å². The van der Waals surface area contributed by atoms with Crippen molar-refractivity contribution in [1.82, 2.24) is 4.57 Å². The predicted octanol–water partition coefficient (Wildman–Crippen LogP) is 5.01. The highest BCUT2D eigenvalue weighted by Gasteiger charge is 2.31. The molecular weight excluding hydrogens is 348 g/mol. The van der Waals surface area contributed by atoms with Gasteiger partial charge in [0, 0.05) is 34.8 Å². The van der Waals surface area contributed by atoms with Crippen LogP contribution in [0.3, 0.4) is 0 Å². The number of carbonyl (C=O) groups excluding carboxylic acids is 1. The Balaban J connectivity index is 1.80. The average Bonchev–Trinajstić information content (AvgIpc) is 3.15. The highest BCUT2D eigenvalue weighted by molar-refractivity contribution is 6.35. The molecule has 0 aliphatic carbocycles. The van der Waals surface area contributed by atoms with Gasteiger partial charge in [0.15, 0.2) is 0 Å².